The summed E-state index contributed by atoms with van der Waals surface area (Å²) in [7, 11) is -4.06. The molecule has 0 spiro atoms. The number of hydrogen-bond acceptors (Lipinski definition) is 4. The van der Waals surface area contributed by atoms with Crippen LogP contribution in [-0.4, -0.2) is 25.4 Å². The molecule has 0 saturated carbocycles. The number of halogens is 2. The van der Waals surface area contributed by atoms with E-state index in [0.717, 1.165) is 18.2 Å². The predicted molar refractivity (Wildman–Crippen MR) is 110 cm³/mol. The van der Waals surface area contributed by atoms with Gasteiger partial charge in [0.05, 0.1) is 21.7 Å². The number of hydrogen-bond donors (Lipinski definition) is 3. The molecule has 3 rings (SSSR count). The summed E-state index contributed by atoms with van der Waals surface area (Å²) in [5, 5.41) is 11.7. The summed E-state index contributed by atoms with van der Waals surface area (Å²) in [6, 6.07) is 13.7. The predicted octanol–water partition coefficient (Wildman–Crippen LogP) is 4.23. The summed E-state index contributed by atoms with van der Waals surface area (Å²) >= 11 is 5.77. The van der Waals surface area contributed by atoms with Gasteiger partial charge in [0.1, 0.15) is 5.82 Å². The fraction of sp³-hybridized carbons (Fsp3) is 0. The van der Waals surface area contributed by atoms with Gasteiger partial charge < -0.3 is 10.4 Å². The average Bonchev–Trinajstić information content (AvgIpc) is 2.70. The van der Waals surface area contributed by atoms with E-state index >= 15 is 0 Å². The van der Waals surface area contributed by atoms with Crippen LogP contribution in [0, 0.1) is 5.82 Å². The van der Waals surface area contributed by atoms with Gasteiger partial charge in [-0.3, -0.25) is 9.52 Å². The molecule has 0 aromatic heterocycles. The van der Waals surface area contributed by atoms with Gasteiger partial charge in [-0.05, 0) is 66.7 Å². The minimum absolute atomic E-state index is 0.0233. The number of nitrogens with one attached hydrogen (secondary N) is 2. The maximum atomic E-state index is 13.8. The molecule has 1 amide bonds. The molecule has 7 nitrogen and oxygen atoms in total. The van der Waals surface area contributed by atoms with Crippen molar-refractivity contribution in [2.45, 2.75) is 4.90 Å². The lowest BCUT2D eigenvalue weighted by Gasteiger charge is -2.13. The molecule has 0 heterocycles. The molecular weight excluding hydrogens is 435 g/mol. The van der Waals surface area contributed by atoms with Gasteiger partial charge in [0.25, 0.3) is 15.9 Å². The highest BCUT2D eigenvalue weighted by Gasteiger charge is 2.20. The molecule has 0 atom stereocenters. The Kier molecular flexibility index (Phi) is 6.04. The molecule has 0 fully saturated rings. The summed E-state index contributed by atoms with van der Waals surface area (Å²) in [6.45, 7) is 0. The second-order valence-corrected chi connectivity index (χ2v) is 8.20. The molecule has 0 radical (unpaired) electrons. The first-order chi connectivity index (χ1) is 14.2. The highest BCUT2D eigenvalue weighted by molar-refractivity contribution is 7.92. The Morgan fingerprint density at radius 2 is 1.57 bits per heavy atom. The highest BCUT2D eigenvalue weighted by atomic mass is 35.5. The zero-order valence-corrected chi connectivity index (χ0v) is 16.7. The van der Waals surface area contributed by atoms with Crippen LogP contribution in [0.2, 0.25) is 5.02 Å². The number of carbonyl (C=O) groups excluding carboxylic acids is 1. The average molecular weight is 449 g/mol. The number of carboxylic acids is 1. The lowest BCUT2D eigenvalue weighted by Crippen LogP contribution is -2.19. The number of carbonyl (C=O) groups is 2. The Bertz CT molecular complexity index is 1210. The third-order valence-electron chi connectivity index (χ3n) is 3.98. The molecule has 3 aromatic carbocycles. The van der Waals surface area contributed by atoms with Crippen LogP contribution in [0.4, 0.5) is 15.8 Å². The van der Waals surface area contributed by atoms with Crippen LogP contribution in [-0.2, 0) is 10.0 Å². The Balaban J connectivity index is 1.88. The largest absolute Gasteiger partial charge is 0.478 e. The van der Waals surface area contributed by atoms with E-state index in [9.17, 15) is 22.4 Å². The SMILES string of the molecule is O=C(O)c1ccc(NC(=O)c2cc(F)ccc2NS(=O)(=O)c2ccc(Cl)cc2)cc1. The van der Waals surface area contributed by atoms with E-state index in [4.69, 9.17) is 16.7 Å². The number of aromatic carboxylic acids is 1. The van der Waals surface area contributed by atoms with Crippen molar-refractivity contribution >= 4 is 44.9 Å². The summed E-state index contributed by atoms with van der Waals surface area (Å²) in [6.07, 6.45) is 0. The highest BCUT2D eigenvalue weighted by Crippen LogP contribution is 2.23. The lowest BCUT2D eigenvalue weighted by molar-refractivity contribution is 0.0696. The van der Waals surface area contributed by atoms with Crippen molar-refractivity contribution in [3.8, 4) is 0 Å². The topological polar surface area (TPSA) is 113 Å². The van der Waals surface area contributed by atoms with Gasteiger partial charge in [0.2, 0.25) is 0 Å². The van der Waals surface area contributed by atoms with Crippen molar-refractivity contribution in [1.82, 2.24) is 0 Å². The van der Waals surface area contributed by atoms with Crippen LogP contribution < -0.4 is 10.0 Å². The molecule has 0 aliphatic heterocycles. The molecule has 30 heavy (non-hydrogen) atoms. The van der Waals surface area contributed by atoms with Crippen molar-refractivity contribution < 1.29 is 27.5 Å². The fourth-order valence-corrected chi connectivity index (χ4v) is 3.71. The maximum Gasteiger partial charge on any atom is 0.335 e. The molecule has 0 saturated heterocycles. The smallest absolute Gasteiger partial charge is 0.335 e. The number of amides is 1. The summed E-state index contributed by atoms with van der Waals surface area (Å²) in [4.78, 5) is 23.4. The molecule has 0 aliphatic carbocycles. The number of anilines is 2. The van der Waals surface area contributed by atoms with Gasteiger partial charge in [-0.2, -0.15) is 0 Å². The van der Waals surface area contributed by atoms with Crippen molar-refractivity contribution in [1.29, 1.82) is 0 Å². The van der Waals surface area contributed by atoms with Crippen LogP contribution in [0.25, 0.3) is 0 Å². The van der Waals surface area contributed by atoms with E-state index in [2.05, 4.69) is 10.0 Å². The third kappa shape index (κ3) is 4.94. The van der Waals surface area contributed by atoms with Gasteiger partial charge in [-0.1, -0.05) is 11.6 Å². The quantitative estimate of drug-likeness (QED) is 0.522. The van der Waals surface area contributed by atoms with E-state index in [1.807, 2.05) is 0 Å². The van der Waals surface area contributed by atoms with Crippen molar-refractivity contribution in [2.75, 3.05) is 10.0 Å². The Morgan fingerprint density at radius 3 is 2.17 bits per heavy atom. The number of benzene rings is 3. The van der Waals surface area contributed by atoms with Crippen LogP contribution in [0.5, 0.6) is 0 Å². The standard InChI is InChI=1S/C20H14ClFN2O5S/c21-13-3-8-16(9-4-13)30(28,29)24-18-10-5-14(22)11-17(18)19(25)23-15-6-1-12(2-7-15)20(26)27/h1-11,24H,(H,23,25)(H,26,27). The van der Waals surface area contributed by atoms with Gasteiger partial charge in [-0.15, -0.1) is 0 Å². The van der Waals surface area contributed by atoms with Crippen LogP contribution in [0.15, 0.2) is 71.6 Å². The Hall–Kier alpha value is -3.43. The summed E-state index contributed by atoms with van der Waals surface area (Å²) in [5.74, 6) is -2.65. The molecule has 154 valence electrons. The normalized spacial score (nSPS) is 11.0. The summed E-state index contributed by atoms with van der Waals surface area (Å²) in [5.41, 5.74) is -0.114. The van der Waals surface area contributed by atoms with Gasteiger partial charge in [0, 0.05) is 10.7 Å². The minimum atomic E-state index is -4.06. The first kappa shape index (κ1) is 21.3. The van der Waals surface area contributed by atoms with Crippen LogP contribution >= 0.6 is 11.6 Å². The number of sulfonamides is 1. The van der Waals surface area contributed by atoms with Gasteiger partial charge in [0.15, 0.2) is 0 Å². The van der Waals surface area contributed by atoms with E-state index < -0.39 is 27.7 Å². The Labute approximate surface area is 176 Å². The molecule has 0 aliphatic rings. The monoisotopic (exact) mass is 448 g/mol. The van der Waals surface area contributed by atoms with Crippen molar-refractivity contribution in [2.24, 2.45) is 0 Å². The van der Waals surface area contributed by atoms with Crippen LogP contribution in [0.3, 0.4) is 0 Å². The second kappa shape index (κ2) is 8.52. The first-order valence-electron chi connectivity index (χ1n) is 8.38. The first-order valence-corrected chi connectivity index (χ1v) is 10.2. The van der Waals surface area contributed by atoms with Crippen molar-refractivity contribution in [3.05, 3.63) is 88.7 Å². The molecule has 0 unspecified atom stereocenters. The molecule has 10 heteroatoms. The number of rotatable bonds is 6. The molecular formula is C20H14ClFN2O5S. The zero-order valence-electron chi connectivity index (χ0n) is 15.1. The Morgan fingerprint density at radius 1 is 0.933 bits per heavy atom. The summed E-state index contributed by atoms with van der Waals surface area (Å²) < 4.78 is 41.2. The molecule has 0 bridgehead atoms. The lowest BCUT2D eigenvalue weighted by atomic mass is 10.1. The van der Waals surface area contributed by atoms with E-state index in [1.54, 1.807) is 0 Å². The molecule has 3 aromatic rings. The van der Waals surface area contributed by atoms with Gasteiger partial charge >= 0.3 is 5.97 Å². The van der Waals surface area contributed by atoms with Crippen molar-refractivity contribution in [3.63, 3.8) is 0 Å². The number of carboxylic acid groups (broad SMARTS) is 1. The van der Waals surface area contributed by atoms with Gasteiger partial charge in [-0.25, -0.2) is 17.6 Å². The third-order valence-corrected chi connectivity index (χ3v) is 5.62. The fourth-order valence-electron chi connectivity index (χ4n) is 2.51. The maximum absolute atomic E-state index is 13.8. The van der Waals surface area contributed by atoms with Crippen LogP contribution in [0.1, 0.15) is 20.7 Å². The minimum Gasteiger partial charge on any atom is -0.478 e. The van der Waals surface area contributed by atoms with E-state index in [-0.39, 0.29) is 27.4 Å². The second-order valence-electron chi connectivity index (χ2n) is 6.09. The van der Waals surface area contributed by atoms with E-state index in [1.165, 1.54) is 48.5 Å². The van der Waals surface area contributed by atoms with E-state index in [0.29, 0.717) is 5.02 Å². The zero-order chi connectivity index (χ0) is 21.9. The molecule has 3 N–H and O–H groups in total.